The predicted octanol–water partition coefficient (Wildman–Crippen LogP) is 1.37. The zero-order valence-corrected chi connectivity index (χ0v) is 12.7. The summed E-state index contributed by atoms with van der Waals surface area (Å²) in [6.07, 6.45) is 8.70. The molecule has 2 saturated heterocycles. The summed E-state index contributed by atoms with van der Waals surface area (Å²) in [6, 6.07) is 0.739. The number of hydrogen-bond acceptors (Lipinski definition) is 3. The quantitative estimate of drug-likeness (QED) is 0.820. The Kier molecular flexibility index (Phi) is 4.61. The standard InChI is InChI=1S/C16H29N3O/c1-17-11-12-6-8-19(9-7-12)16(20)15-10-13-4-2-3-5-14(13)18-15/h12-15,17-18H,2-11H2,1H3. The molecule has 114 valence electrons. The third-order valence-corrected chi connectivity index (χ3v) is 5.58. The molecule has 1 aliphatic carbocycles. The number of fused-ring (bicyclic) bond motifs is 1. The van der Waals surface area contributed by atoms with Crippen molar-refractivity contribution in [2.75, 3.05) is 26.7 Å². The lowest BCUT2D eigenvalue weighted by Crippen LogP contribution is -2.48. The van der Waals surface area contributed by atoms with Crippen LogP contribution in [0.5, 0.6) is 0 Å². The average Bonchev–Trinajstić information content (AvgIpc) is 2.91. The van der Waals surface area contributed by atoms with Crippen molar-refractivity contribution in [3.63, 3.8) is 0 Å². The fraction of sp³-hybridized carbons (Fsp3) is 0.938. The zero-order valence-electron chi connectivity index (χ0n) is 12.7. The molecular weight excluding hydrogens is 250 g/mol. The van der Waals surface area contributed by atoms with Gasteiger partial charge in [0.2, 0.25) is 5.91 Å². The summed E-state index contributed by atoms with van der Waals surface area (Å²) >= 11 is 0. The van der Waals surface area contributed by atoms with Crippen LogP contribution in [0.25, 0.3) is 0 Å². The highest BCUT2D eigenvalue weighted by atomic mass is 16.2. The summed E-state index contributed by atoms with van der Waals surface area (Å²) in [4.78, 5) is 14.8. The lowest BCUT2D eigenvalue weighted by Gasteiger charge is -2.33. The lowest BCUT2D eigenvalue weighted by molar-refractivity contribution is -0.134. The van der Waals surface area contributed by atoms with E-state index in [1.165, 1.54) is 25.7 Å². The van der Waals surface area contributed by atoms with E-state index in [1.54, 1.807) is 0 Å². The summed E-state index contributed by atoms with van der Waals surface area (Å²) in [5.41, 5.74) is 0. The summed E-state index contributed by atoms with van der Waals surface area (Å²) < 4.78 is 0. The Morgan fingerprint density at radius 3 is 2.65 bits per heavy atom. The first kappa shape index (κ1) is 14.3. The predicted molar refractivity (Wildman–Crippen MR) is 80.5 cm³/mol. The molecule has 3 fully saturated rings. The van der Waals surface area contributed by atoms with E-state index in [-0.39, 0.29) is 6.04 Å². The van der Waals surface area contributed by atoms with Crippen molar-refractivity contribution in [1.29, 1.82) is 0 Å². The minimum Gasteiger partial charge on any atom is -0.341 e. The molecule has 0 bridgehead atoms. The van der Waals surface area contributed by atoms with E-state index in [0.717, 1.165) is 50.7 Å². The molecule has 0 aromatic heterocycles. The molecule has 2 aliphatic heterocycles. The molecule has 4 heteroatoms. The van der Waals surface area contributed by atoms with Crippen LogP contribution >= 0.6 is 0 Å². The van der Waals surface area contributed by atoms with Crippen molar-refractivity contribution in [3.8, 4) is 0 Å². The number of amides is 1. The second-order valence-electron chi connectivity index (χ2n) is 6.93. The van der Waals surface area contributed by atoms with Gasteiger partial charge in [-0.15, -0.1) is 0 Å². The number of hydrogen-bond donors (Lipinski definition) is 2. The second kappa shape index (κ2) is 6.44. The van der Waals surface area contributed by atoms with E-state index >= 15 is 0 Å². The van der Waals surface area contributed by atoms with Crippen molar-refractivity contribution in [2.45, 2.75) is 57.0 Å². The molecule has 2 N–H and O–H groups in total. The van der Waals surface area contributed by atoms with Gasteiger partial charge in [-0.05, 0) is 57.5 Å². The molecule has 1 amide bonds. The van der Waals surface area contributed by atoms with Crippen LogP contribution in [-0.4, -0.2) is 49.6 Å². The summed E-state index contributed by atoms with van der Waals surface area (Å²) in [6.45, 7) is 3.01. The molecule has 0 spiro atoms. The van der Waals surface area contributed by atoms with Gasteiger partial charge in [0.15, 0.2) is 0 Å². The first-order valence-electron chi connectivity index (χ1n) is 8.47. The van der Waals surface area contributed by atoms with Crippen molar-refractivity contribution >= 4 is 5.91 Å². The molecule has 20 heavy (non-hydrogen) atoms. The number of carbonyl (C=O) groups excluding carboxylic acids is 1. The van der Waals surface area contributed by atoms with Crippen LogP contribution in [-0.2, 0) is 4.79 Å². The van der Waals surface area contributed by atoms with Gasteiger partial charge in [-0.25, -0.2) is 0 Å². The lowest BCUT2D eigenvalue weighted by atomic mass is 9.85. The van der Waals surface area contributed by atoms with Crippen molar-refractivity contribution in [2.24, 2.45) is 11.8 Å². The molecule has 1 saturated carbocycles. The molecule has 0 aromatic carbocycles. The maximum absolute atomic E-state index is 12.7. The van der Waals surface area contributed by atoms with Gasteiger partial charge >= 0.3 is 0 Å². The van der Waals surface area contributed by atoms with E-state index in [4.69, 9.17) is 0 Å². The van der Waals surface area contributed by atoms with Gasteiger partial charge < -0.3 is 15.5 Å². The molecule has 3 atom stereocenters. The monoisotopic (exact) mass is 279 g/mol. The fourth-order valence-corrected chi connectivity index (χ4v) is 4.38. The largest absolute Gasteiger partial charge is 0.341 e. The zero-order chi connectivity index (χ0) is 13.9. The average molecular weight is 279 g/mol. The first-order valence-corrected chi connectivity index (χ1v) is 8.47. The normalized spacial score (nSPS) is 35.0. The third kappa shape index (κ3) is 3.01. The minimum atomic E-state index is 0.115. The molecule has 0 aromatic rings. The Morgan fingerprint density at radius 1 is 1.20 bits per heavy atom. The highest BCUT2D eigenvalue weighted by Crippen LogP contribution is 2.34. The Bertz CT molecular complexity index is 325. The molecule has 2 heterocycles. The number of carbonyl (C=O) groups is 1. The molecule has 0 radical (unpaired) electrons. The van der Waals surface area contributed by atoms with Crippen LogP contribution < -0.4 is 10.6 Å². The number of likely N-dealkylation sites (tertiary alicyclic amines) is 1. The van der Waals surface area contributed by atoms with Crippen LogP contribution in [0.4, 0.5) is 0 Å². The highest BCUT2D eigenvalue weighted by Gasteiger charge is 2.40. The second-order valence-corrected chi connectivity index (χ2v) is 6.93. The Hall–Kier alpha value is -0.610. The van der Waals surface area contributed by atoms with Crippen molar-refractivity contribution < 1.29 is 4.79 Å². The molecule has 3 unspecified atom stereocenters. The van der Waals surface area contributed by atoms with E-state index in [1.807, 2.05) is 7.05 Å². The Balaban J connectivity index is 1.50. The minimum absolute atomic E-state index is 0.115. The van der Waals surface area contributed by atoms with E-state index < -0.39 is 0 Å². The molecule has 3 aliphatic rings. The number of rotatable bonds is 3. The van der Waals surface area contributed by atoms with Gasteiger partial charge in [0.1, 0.15) is 0 Å². The Morgan fingerprint density at radius 2 is 1.95 bits per heavy atom. The Labute approximate surface area is 122 Å². The number of nitrogens with one attached hydrogen (secondary N) is 2. The topological polar surface area (TPSA) is 44.4 Å². The molecular formula is C16H29N3O. The maximum atomic E-state index is 12.7. The number of piperidine rings is 1. The summed E-state index contributed by atoms with van der Waals surface area (Å²) in [5.74, 6) is 1.89. The van der Waals surface area contributed by atoms with Crippen LogP contribution in [0.1, 0.15) is 44.9 Å². The van der Waals surface area contributed by atoms with E-state index in [0.29, 0.717) is 11.9 Å². The van der Waals surface area contributed by atoms with Crippen molar-refractivity contribution in [1.82, 2.24) is 15.5 Å². The number of nitrogens with zero attached hydrogens (tertiary/aromatic N) is 1. The van der Waals surface area contributed by atoms with Crippen LogP contribution in [0.2, 0.25) is 0 Å². The first-order chi connectivity index (χ1) is 9.78. The summed E-state index contributed by atoms with van der Waals surface area (Å²) in [5, 5.41) is 6.88. The smallest absolute Gasteiger partial charge is 0.239 e. The van der Waals surface area contributed by atoms with Crippen LogP contribution in [0.3, 0.4) is 0 Å². The molecule has 3 rings (SSSR count). The van der Waals surface area contributed by atoms with Crippen LogP contribution in [0, 0.1) is 11.8 Å². The van der Waals surface area contributed by atoms with Gasteiger partial charge in [-0.3, -0.25) is 4.79 Å². The van der Waals surface area contributed by atoms with E-state index in [2.05, 4.69) is 15.5 Å². The van der Waals surface area contributed by atoms with Gasteiger partial charge in [0.25, 0.3) is 0 Å². The maximum Gasteiger partial charge on any atom is 0.239 e. The highest BCUT2D eigenvalue weighted by molar-refractivity contribution is 5.82. The SMILES string of the molecule is CNCC1CCN(C(=O)C2CC3CCCCC3N2)CC1. The van der Waals surface area contributed by atoms with Gasteiger partial charge in [0.05, 0.1) is 6.04 Å². The van der Waals surface area contributed by atoms with Gasteiger partial charge in [0, 0.05) is 19.1 Å². The van der Waals surface area contributed by atoms with Gasteiger partial charge in [-0.1, -0.05) is 12.8 Å². The summed E-state index contributed by atoms with van der Waals surface area (Å²) in [7, 11) is 2.02. The molecule has 4 nitrogen and oxygen atoms in total. The van der Waals surface area contributed by atoms with E-state index in [9.17, 15) is 4.79 Å². The van der Waals surface area contributed by atoms with Crippen LogP contribution in [0.15, 0.2) is 0 Å². The van der Waals surface area contributed by atoms with Gasteiger partial charge in [-0.2, -0.15) is 0 Å². The van der Waals surface area contributed by atoms with Crippen molar-refractivity contribution in [3.05, 3.63) is 0 Å². The third-order valence-electron chi connectivity index (χ3n) is 5.58. The fourth-order valence-electron chi connectivity index (χ4n) is 4.38.